The van der Waals surface area contributed by atoms with Crippen LogP contribution in [0.3, 0.4) is 0 Å². The van der Waals surface area contributed by atoms with E-state index in [1.807, 2.05) is 30.6 Å². The minimum absolute atomic E-state index is 0.303. The first-order valence-electron chi connectivity index (χ1n) is 6.91. The average molecular weight is 266 g/mol. The van der Waals surface area contributed by atoms with E-state index >= 15 is 0 Å². The lowest BCUT2D eigenvalue weighted by atomic mass is 10.0. The summed E-state index contributed by atoms with van der Waals surface area (Å²) in [6.45, 7) is 3.07. The molecule has 0 radical (unpaired) electrons. The van der Waals surface area contributed by atoms with Crippen molar-refractivity contribution in [3.8, 4) is 0 Å². The van der Waals surface area contributed by atoms with Crippen molar-refractivity contribution in [2.24, 2.45) is 5.73 Å². The number of hydrogen-bond donors (Lipinski definition) is 1. The monoisotopic (exact) mass is 266 g/mol. The van der Waals surface area contributed by atoms with Gasteiger partial charge in [-0.25, -0.2) is 4.98 Å². The third-order valence-electron chi connectivity index (χ3n) is 3.49. The van der Waals surface area contributed by atoms with Gasteiger partial charge in [-0.05, 0) is 17.9 Å². The van der Waals surface area contributed by atoms with Gasteiger partial charge < -0.3 is 10.3 Å². The highest BCUT2D eigenvalue weighted by atomic mass is 15.1. The van der Waals surface area contributed by atoms with Crippen LogP contribution in [0.15, 0.2) is 48.9 Å². The molecule has 4 nitrogen and oxygen atoms in total. The standard InChI is InChI=1S/C16H18N4/c1-2-10-20-11-9-19-16(20)14(17)15-13-6-4-3-5-12(13)7-8-18-15/h3-9,11,14H,2,10,17H2,1H3. The van der Waals surface area contributed by atoms with Gasteiger partial charge in [0.05, 0.1) is 5.69 Å². The molecule has 3 aromatic rings. The van der Waals surface area contributed by atoms with Crippen molar-refractivity contribution in [1.82, 2.24) is 14.5 Å². The van der Waals surface area contributed by atoms with Gasteiger partial charge in [0.25, 0.3) is 0 Å². The van der Waals surface area contributed by atoms with E-state index in [9.17, 15) is 0 Å². The Morgan fingerprint density at radius 1 is 1.15 bits per heavy atom. The Morgan fingerprint density at radius 3 is 2.85 bits per heavy atom. The summed E-state index contributed by atoms with van der Waals surface area (Å²) >= 11 is 0. The molecule has 1 unspecified atom stereocenters. The molecule has 0 amide bonds. The number of pyridine rings is 1. The second kappa shape index (κ2) is 5.43. The molecule has 0 saturated carbocycles. The lowest BCUT2D eigenvalue weighted by Crippen LogP contribution is -2.19. The van der Waals surface area contributed by atoms with Crippen LogP contribution in [0.5, 0.6) is 0 Å². The van der Waals surface area contributed by atoms with Crippen LogP contribution in [0, 0.1) is 0 Å². The fourth-order valence-corrected chi connectivity index (χ4v) is 2.54. The summed E-state index contributed by atoms with van der Waals surface area (Å²) < 4.78 is 2.11. The van der Waals surface area contributed by atoms with Crippen LogP contribution in [-0.4, -0.2) is 14.5 Å². The van der Waals surface area contributed by atoms with Crippen LogP contribution in [0.4, 0.5) is 0 Å². The maximum atomic E-state index is 6.41. The highest BCUT2D eigenvalue weighted by molar-refractivity contribution is 5.84. The molecule has 1 aromatic carbocycles. The minimum atomic E-state index is -0.303. The van der Waals surface area contributed by atoms with Crippen molar-refractivity contribution in [3.05, 3.63) is 60.4 Å². The fraction of sp³-hybridized carbons (Fsp3) is 0.250. The van der Waals surface area contributed by atoms with Gasteiger partial charge in [0, 0.05) is 30.5 Å². The summed E-state index contributed by atoms with van der Waals surface area (Å²) in [5.74, 6) is 0.871. The van der Waals surface area contributed by atoms with Gasteiger partial charge >= 0.3 is 0 Å². The van der Waals surface area contributed by atoms with E-state index in [0.29, 0.717) is 0 Å². The Balaban J connectivity index is 2.08. The zero-order chi connectivity index (χ0) is 13.9. The van der Waals surface area contributed by atoms with Crippen molar-refractivity contribution in [1.29, 1.82) is 0 Å². The van der Waals surface area contributed by atoms with Crippen LogP contribution >= 0.6 is 0 Å². The van der Waals surface area contributed by atoms with E-state index in [1.54, 1.807) is 6.20 Å². The molecule has 0 bridgehead atoms. The molecule has 0 aliphatic carbocycles. The second-order valence-electron chi connectivity index (χ2n) is 4.87. The summed E-state index contributed by atoms with van der Waals surface area (Å²) in [5.41, 5.74) is 7.29. The first-order valence-corrected chi connectivity index (χ1v) is 6.91. The van der Waals surface area contributed by atoms with E-state index in [2.05, 4.69) is 33.6 Å². The zero-order valence-corrected chi connectivity index (χ0v) is 11.5. The van der Waals surface area contributed by atoms with Gasteiger partial charge in [0.15, 0.2) is 0 Å². The van der Waals surface area contributed by atoms with E-state index in [1.165, 1.54) is 0 Å². The number of fused-ring (bicyclic) bond motifs is 1. The van der Waals surface area contributed by atoms with E-state index < -0.39 is 0 Å². The molecular weight excluding hydrogens is 248 g/mol. The Labute approximate surface area is 118 Å². The SMILES string of the molecule is CCCn1ccnc1C(N)c1nccc2ccccc12. The number of hydrogen-bond acceptors (Lipinski definition) is 3. The van der Waals surface area contributed by atoms with Crippen molar-refractivity contribution < 1.29 is 0 Å². The van der Waals surface area contributed by atoms with E-state index in [4.69, 9.17) is 5.73 Å². The van der Waals surface area contributed by atoms with Crippen molar-refractivity contribution >= 4 is 10.8 Å². The summed E-state index contributed by atoms with van der Waals surface area (Å²) in [7, 11) is 0. The highest BCUT2D eigenvalue weighted by Gasteiger charge is 2.18. The predicted molar refractivity (Wildman–Crippen MR) is 80.3 cm³/mol. The maximum Gasteiger partial charge on any atom is 0.131 e. The van der Waals surface area contributed by atoms with Gasteiger partial charge in [-0.2, -0.15) is 0 Å². The normalized spacial score (nSPS) is 12.7. The lowest BCUT2D eigenvalue weighted by Gasteiger charge is -2.15. The molecule has 3 rings (SSSR count). The largest absolute Gasteiger partial charge is 0.333 e. The molecule has 0 fully saturated rings. The van der Waals surface area contributed by atoms with Crippen LogP contribution in [0.2, 0.25) is 0 Å². The summed E-state index contributed by atoms with van der Waals surface area (Å²) in [6, 6.07) is 9.87. The molecular formula is C16H18N4. The lowest BCUT2D eigenvalue weighted by molar-refractivity contribution is 0.609. The van der Waals surface area contributed by atoms with Gasteiger partial charge in [0.1, 0.15) is 11.9 Å². The van der Waals surface area contributed by atoms with Gasteiger partial charge in [-0.15, -0.1) is 0 Å². The Bertz CT molecular complexity index is 712. The highest BCUT2D eigenvalue weighted by Crippen LogP contribution is 2.24. The molecule has 2 aromatic heterocycles. The minimum Gasteiger partial charge on any atom is -0.333 e. The van der Waals surface area contributed by atoms with Crippen molar-refractivity contribution in [3.63, 3.8) is 0 Å². The maximum absolute atomic E-state index is 6.41. The fourth-order valence-electron chi connectivity index (χ4n) is 2.54. The summed E-state index contributed by atoms with van der Waals surface area (Å²) in [6.07, 6.45) is 6.64. The summed E-state index contributed by atoms with van der Waals surface area (Å²) in [4.78, 5) is 8.90. The summed E-state index contributed by atoms with van der Waals surface area (Å²) in [5, 5.41) is 2.25. The molecule has 4 heteroatoms. The smallest absolute Gasteiger partial charge is 0.131 e. The number of imidazole rings is 1. The quantitative estimate of drug-likeness (QED) is 0.790. The van der Waals surface area contributed by atoms with Gasteiger partial charge in [0.2, 0.25) is 0 Å². The molecule has 0 saturated heterocycles. The van der Waals surface area contributed by atoms with Crippen LogP contribution < -0.4 is 5.73 Å². The number of nitrogens with zero attached hydrogens (tertiary/aromatic N) is 3. The third kappa shape index (κ3) is 2.18. The predicted octanol–water partition coefficient (Wildman–Crippen LogP) is 2.89. The molecule has 2 N–H and O–H groups in total. The Hall–Kier alpha value is -2.20. The molecule has 20 heavy (non-hydrogen) atoms. The number of rotatable bonds is 4. The topological polar surface area (TPSA) is 56.7 Å². The molecule has 1 atom stereocenters. The first kappa shape index (κ1) is 12.8. The molecule has 2 heterocycles. The molecule has 0 aliphatic rings. The molecule has 102 valence electrons. The Morgan fingerprint density at radius 2 is 2.00 bits per heavy atom. The van der Waals surface area contributed by atoms with Crippen molar-refractivity contribution in [2.45, 2.75) is 25.9 Å². The van der Waals surface area contributed by atoms with Crippen LogP contribution in [-0.2, 0) is 6.54 Å². The van der Waals surface area contributed by atoms with Gasteiger partial charge in [-0.1, -0.05) is 31.2 Å². The second-order valence-corrected chi connectivity index (χ2v) is 4.87. The van der Waals surface area contributed by atoms with Crippen LogP contribution in [0.25, 0.3) is 10.8 Å². The van der Waals surface area contributed by atoms with Crippen LogP contribution in [0.1, 0.15) is 30.9 Å². The Kier molecular flexibility index (Phi) is 3.48. The van der Waals surface area contributed by atoms with E-state index in [-0.39, 0.29) is 6.04 Å². The van der Waals surface area contributed by atoms with Crippen molar-refractivity contribution in [2.75, 3.05) is 0 Å². The third-order valence-corrected chi connectivity index (χ3v) is 3.49. The molecule has 0 spiro atoms. The van der Waals surface area contributed by atoms with E-state index in [0.717, 1.165) is 35.3 Å². The molecule has 0 aliphatic heterocycles. The number of nitrogens with two attached hydrogens (primary N) is 1. The first-order chi connectivity index (χ1) is 9.81. The number of aryl methyl sites for hydroxylation is 1. The van der Waals surface area contributed by atoms with Gasteiger partial charge in [-0.3, -0.25) is 4.98 Å². The number of benzene rings is 1. The average Bonchev–Trinajstić information content (AvgIpc) is 2.94. The zero-order valence-electron chi connectivity index (χ0n) is 11.5. The number of aromatic nitrogens is 3.